The normalized spacial score (nSPS) is 14.4. The van der Waals surface area contributed by atoms with Crippen molar-refractivity contribution in [3.63, 3.8) is 0 Å². The summed E-state index contributed by atoms with van der Waals surface area (Å²) in [6.07, 6.45) is 3.23. The van der Waals surface area contributed by atoms with Crippen LogP contribution < -0.4 is 15.4 Å². The summed E-state index contributed by atoms with van der Waals surface area (Å²) in [4.78, 5) is 22.3. The quantitative estimate of drug-likeness (QED) is 0.419. The zero-order valence-electron chi connectivity index (χ0n) is 19.8. The Morgan fingerprint density at radius 1 is 1.17 bits per heavy atom. The monoisotopic (exact) mass is 477 g/mol. The van der Waals surface area contributed by atoms with Crippen LogP contribution >= 0.6 is 0 Å². The van der Waals surface area contributed by atoms with E-state index in [1.54, 1.807) is 41.3 Å². The van der Waals surface area contributed by atoms with E-state index in [9.17, 15) is 10.1 Å². The maximum absolute atomic E-state index is 13.5. The number of nitriles is 1. The van der Waals surface area contributed by atoms with E-state index in [0.717, 1.165) is 16.9 Å². The van der Waals surface area contributed by atoms with Gasteiger partial charge in [-0.15, -0.1) is 5.10 Å². The first kappa shape index (κ1) is 22.8. The Morgan fingerprint density at radius 2 is 1.94 bits per heavy atom. The molecule has 5 rings (SSSR count). The van der Waals surface area contributed by atoms with Crippen molar-refractivity contribution in [3.05, 3.63) is 95.5 Å². The zero-order chi connectivity index (χ0) is 25.1. The Bertz CT molecular complexity index is 1470. The number of ether oxygens (including phenoxy) is 1. The lowest BCUT2D eigenvalue weighted by Crippen LogP contribution is -2.31. The van der Waals surface area contributed by atoms with Crippen molar-refractivity contribution < 1.29 is 9.53 Å². The van der Waals surface area contributed by atoms with E-state index in [1.807, 2.05) is 50.2 Å². The van der Waals surface area contributed by atoms with Crippen molar-refractivity contribution in [1.29, 1.82) is 5.26 Å². The van der Waals surface area contributed by atoms with Crippen LogP contribution in [-0.2, 0) is 4.79 Å². The molecule has 2 N–H and O–H groups in total. The summed E-state index contributed by atoms with van der Waals surface area (Å²) < 4.78 is 7.24. The molecule has 1 amide bonds. The summed E-state index contributed by atoms with van der Waals surface area (Å²) in [6.45, 7) is 4.36. The first-order valence-corrected chi connectivity index (χ1v) is 11.5. The fourth-order valence-corrected chi connectivity index (χ4v) is 4.12. The Morgan fingerprint density at radius 3 is 2.61 bits per heavy atom. The van der Waals surface area contributed by atoms with Crippen molar-refractivity contribution in [2.75, 3.05) is 17.2 Å². The molecule has 36 heavy (non-hydrogen) atoms. The van der Waals surface area contributed by atoms with Gasteiger partial charge in [-0.25, -0.2) is 4.68 Å². The maximum atomic E-state index is 13.5. The van der Waals surface area contributed by atoms with Crippen molar-refractivity contribution in [2.24, 2.45) is 0 Å². The molecule has 0 fully saturated rings. The van der Waals surface area contributed by atoms with Gasteiger partial charge in [-0.05, 0) is 67.9 Å². The Kier molecular flexibility index (Phi) is 6.16. The van der Waals surface area contributed by atoms with Crippen LogP contribution in [0.3, 0.4) is 0 Å². The molecule has 178 valence electrons. The van der Waals surface area contributed by atoms with Crippen LogP contribution in [0.1, 0.15) is 31.0 Å². The van der Waals surface area contributed by atoms with Gasteiger partial charge in [0.25, 0.3) is 5.91 Å². The molecular formula is C27H23N7O2. The van der Waals surface area contributed by atoms with Crippen LogP contribution in [0.5, 0.6) is 5.75 Å². The van der Waals surface area contributed by atoms with Gasteiger partial charge in [0.15, 0.2) is 5.82 Å². The van der Waals surface area contributed by atoms with Crippen molar-refractivity contribution in [3.8, 4) is 23.2 Å². The standard InChI is InChI=1S/C27H23N7O2/c1-3-36-22-12-10-20(11-13-22)25-32-27-30-17(2)23(26(35)31-21-5-4-14-29-16-21)24(34(27)33-25)19-8-6-18(15-28)7-9-19/h4-14,16,24H,3H2,1-2H3,(H,31,35)(H,30,32,33). The molecule has 3 heterocycles. The van der Waals surface area contributed by atoms with Crippen LogP contribution in [0.25, 0.3) is 11.4 Å². The molecular weight excluding hydrogens is 454 g/mol. The van der Waals surface area contributed by atoms with E-state index in [0.29, 0.717) is 40.9 Å². The molecule has 2 aromatic heterocycles. The van der Waals surface area contributed by atoms with Crippen molar-refractivity contribution in [2.45, 2.75) is 19.9 Å². The molecule has 0 bridgehead atoms. The Labute approximate surface area is 208 Å². The third kappa shape index (κ3) is 4.40. The van der Waals surface area contributed by atoms with Gasteiger partial charge in [0.1, 0.15) is 11.8 Å². The highest BCUT2D eigenvalue weighted by atomic mass is 16.5. The van der Waals surface area contributed by atoms with E-state index in [4.69, 9.17) is 14.8 Å². The molecule has 0 aliphatic carbocycles. The smallest absolute Gasteiger partial charge is 0.255 e. The van der Waals surface area contributed by atoms with Gasteiger partial charge in [-0.2, -0.15) is 10.2 Å². The largest absolute Gasteiger partial charge is 0.494 e. The number of aromatic nitrogens is 4. The number of nitrogens with zero attached hydrogens (tertiary/aromatic N) is 5. The number of carbonyl (C=O) groups excluding carboxylic acids is 1. The molecule has 0 spiro atoms. The number of hydrogen-bond acceptors (Lipinski definition) is 7. The maximum Gasteiger partial charge on any atom is 0.255 e. The van der Waals surface area contributed by atoms with Gasteiger partial charge in [0.05, 0.1) is 35.7 Å². The highest BCUT2D eigenvalue weighted by molar-refractivity contribution is 6.05. The highest BCUT2D eigenvalue weighted by Crippen LogP contribution is 2.37. The van der Waals surface area contributed by atoms with Gasteiger partial charge in [-0.1, -0.05) is 12.1 Å². The van der Waals surface area contributed by atoms with E-state index >= 15 is 0 Å². The van der Waals surface area contributed by atoms with E-state index in [2.05, 4.69) is 21.7 Å². The average Bonchev–Trinajstić information content (AvgIpc) is 3.32. The third-order valence-electron chi connectivity index (χ3n) is 5.80. The summed E-state index contributed by atoms with van der Waals surface area (Å²) in [5.41, 5.74) is 3.88. The van der Waals surface area contributed by atoms with Crippen LogP contribution in [0.2, 0.25) is 0 Å². The number of allylic oxidation sites excluding steroid dienone is 1. The molecule has 2 aromatic carbocycles. The number of benzene rings is 2. The van der Waals surface area contributed by atoms with Gasteiger partial charge < -0.3 is 15.4 Å². The number of anilines is 2. The van der Waals surface area contributed by atoms with E-state index < -0.39 is 6.04 Å². The second kappa shape index (κ2) is 9.72. The lowest BCUT2D eigenvalue weighted by atomic mass is 9.94. The van der Waals surface area contributed by atoms with E-state index in [-0.39, 0.29) is 5.91 Å². The molecule has 0 saturated carbocycles. The van der Waals surface area contributed by atoms with Crippen LogP contribution in [0, 0.1) is 11.3 Å². The minimum atomic E-state index is -0.561. The molecule has 9 nitrogen and oxygen atoms in total. The molecule has 1 unspecified atom stereocenters. The summed E-state index contributed by atoms with van der Waals surface area (Å²) in [7, 11) is 0. The summed E-state index contributed by atoms with van der Waals surface area (Å²) >= 11 is 0. The second-order valence-electron chi connectivity index (χ2n) is 8.16. The van der Waals surface area contributed by atoms with Gasteiger partial charge in [0.2, 0.25) is 5.95 Å². The molecule has 9 heteroatoms. The first-order valence-electron chi connectivity index (χ1n) is 11.5. The lowest BCUT2D eigenvalue weighted by Gasteiger charge is -2.28. The molecule has 1 aliphatic rings. The fraction of sp³-hybridized carbons (Fsp3) is 0.148. The van der Waals surface area contributed by atoms with Crippen LogP contribution in [0.15, 0.2) is 84.3 Å². The number of amides is 1. The summed E-state index contributed by atoms with van der Waals surface area (Å²) in [6, 6.07) is 19.8. The minimum Gasteiger partial charge on any atom is -0.494 e. The number of hydrogen-bond donors (Lipinski definition) is 2. The molecule has 1 aliphatic heterocycles. The second-order valence-corrected chi connectivity index (χ2v) is 8.16. The topological polar surface area (TPSA) is 118 Å². The predicted molar refractivity (Wildman–Crippen MR) is 135 cm³/mol. The molecule has 0 saturated heterocycles. The molecule has 0 radical (unpaired) electrons. The number of carbonyl (C=O) groups is 1. The van der Waals surface area contributed by atoms with Crippen LogP contribution in [0.4, 0.5) is 11.6 Å². The van der Waals surface area contributed by atoms with Gasteiger partial charge in [-0.3, -0.25) is 9.78 Å². The highest BCUT2D eigenvalue weighted by Gasteiger charge is 2.34. The zero-order valence-corrected chi connectivity index (χ0v) is 19.8. The Balaban J connectivity index is 1.57. The first-order chi connectivity index (χ1) is 17.6. The Hall–Kier alpha value is -4.97. The van der Waals surface area contributed by atoms with Crippen molar-refractivity contribution in [1.82, 2.24) is 19.7 Å². The van der Waals surface area contributed by atoms with Gasteiger partial charge >= 0.3 is 0 Å². The molecule has 4 aromatic rings. The van der Waals surface area contributed by atoms with E-state index in [1.165, 1.54) is 0 Å². The van der Waals surface area contributed by atoms with Gasteiger partial charge in [0, 0.05) is 17.5 Å². The molecule has 1 atom stereocenters. The number of fused-ring (bicyclic) bond motifs is 1. The number of pyridine rings is 1. The van der Waals surface area contributed by atoms with Crippen molar-refractivity contribution >= 4 is 17.5 Å². The summed E-state index contributed by atoms with van der Waals surface area (Å²) in [5, 5.41) is 20.2. The third-order valence-corrected chi connectivity index (χ3v) is 5.80. The lowest BCUT2D eigenvalue weighted by molar-refractivity contribution is -0.113. The SMILES string of the molecule is CCOc1ccc(-c2nc3n(n2)C(c2ccc(C#N)cc2)C(C(=O)Nc2cccnc2)=C(C)N3)cc1. The number of rotatable bonds is 6. The van der Waals surface area contributed by atoms with Crippen LogP contribution in [-0.4, -0.2) is 32.3 Å². The number of nitrogens with one attached hydrogen (secondary N) is 2. The fourth-order valence-electron chi connectivity index (χ4n) is 4.12. The average molecular weight is 478 g/mol. The minimum absolute atomic E-state index is 0.286. The summed E-state index contributed by atoms with van der Waals surface area (Å²) in [5.74, 6) is 1.52. The predicted octanol–water partition coefficient (Wildman–Crippen LogP) is 4.54.